The Morgan fingerprint density at radius 2 is 2.11 bits per heavy atom. The maximum atomic E-state index is 13.4. The highest BCUT2D eigenvalue weighted by molar-refractivity contribution is 5.75. The molecule has 0 saturated heterocycles. The van der Waals surface area contributed by atoms with E-state index in [1.54, 1.807) is 0 Å². The van der Waals surface area contributed by atoms with Crippen molar-refractivity contribution >= 4 is 5.97 Å². The highest BCUT2D eigenvalue weighted by atomic mass is 19.1. The monoisotopic (exact) mass is 256 g/mol. The number of nitrogens with one attached hydrogen (secondary N) is 1. The van der Waals surface area contributed by atoms with Gasteiger partial charge in [-0.2, -0.15) is 0 Å². The predicted molar refractivity (Wildman–Crippen MR) is 58.8 cm³/mol. The van der Waals surface area contributed by atoms with E-state index < -0.39 is 29.2 Å². The minimum Gasteiger partial charge on any atom is -0.480 e. The van der Waals surface area contributed by atoms with Crippen molar-refractivity contribution in [2.75, 3.05) is 13.1 Å². The molecule has 1 aromatic carbocycles. The lowest BCUT2D eigenvalue weighted by molar-refractivity contribution is -0.139. The molecule has 1 rings (SSSR count). The summed E-state index contributed by atoms with van der Waals surface area (Å²) in [6.45, 7) is -0.0227. The van der Waals surface area contributed by atoms with Gasteiger partial charge >= 0.3 is 5.97 Å². The first-order valence-corrected chi connectivity index (χ1v) is 4.99. The highest BCUT2D eigenvalue weighted by Gasteiger charge is 2.25. The van der Waals surface area contributed by atoms with Crippen LogP contribution in [0.5, 0.6) is 0 Å². The molecule has 0 amide bonds. The van der Waals surface area contributed by atoms with E-state index in [1.165, 1.54) is 0 Å². The number of hydrogen-bond acceptors (Lipinski definition) is 3. The lowest BCUT2D eigenvalue weighted by Crippen LogP contribution is -2.31. The third-order valence-electron chi connectivity index (χ3n) is 2.16. The van der Waals surface area contributed by atoms with E-state index in [0.29, 0.717) is 0 Å². The van der Waals surface area contributed by atoms with Crippen molar-refractivity contribution in [2.24, 2.45) is 5.11 Å². The molecule has 2 N–H and O–H groups in total. The molecular formula is C10H10F2N4O2. The first-order valence-electron chi connectivity index (χ1n) is 4.99. The van der Waals surface area contributed by atoms with E-state index in [2.05, 4.69) is 15.3 Å². The molecule has 0 saturated carbocycles. The Bertz CT molecular complexity index is 469. The SMILES string of the molecule is [N-]=[N+]=NCCNC(C(=O)O)c1c(F)cccc1F. The first kappa shape index (κ1) is 13.9. The van der Waals surface area contributed by atoms with Crippen LogP contribution in [-0.4, -0.2) is 24.2 Å². The van der Waals surface area contributed by atoms with Gasteiger partial charge in [-0.05, 0) is 17.7 Å². The van der Waals surface area contributed by atoms with Gasteiger partial charge in [0, 0.05) is 18.0 Å². The van der Waals surface area contributed by atoms with Crippen LogP contribution in [0.3, 0.4) is 0 Å². The van der Waals surface area contributed by atoms with Crippen LogP contribution in [0.2, 0.25) is 0 Å². The molecule has 8 heteroatoms. The zero-order valence-electron chi connectivity index (χ0n) is 9.18. The predicted octanol–water partition coefficient (Wildman–Crippen LogP) is 1.99. The average molecular weight is 256 g/mol. The Kier molecular flexibility index (Phi) is 5.04. The number of carboxylic acid groups (broad SMARTS) is 1. The molecule has 0 spiro atoms. The van der Waals surface area contributed by atoms with Gasteiger partial charge in [-0.1, -0.05) is 11.2 Å². The molecule has 6 nitrogen and oxygen atoms in total. The first-order chi connectivity index (χ1) is 8.57. The average Bonchev–Trinajstić information content (AvgIpc) is 2.31. The quantitative estimate of drug-likeness (QED) is 0.352. The summed E-state index contributed by atoms with van der Waals surface area (Å²) in [5, 5.41) is 14.5. The van der Waals surface area contributed by atoms with E-state index >= 15 is 0 Å². The van der Waals surface area contributed by atoms with Crippen molar-refractivity contribution in [3.63, 3.8) is 0 Å². The molecule has 1 atom stereocenters. The second-order valence-corrected chi connectivity index (χ2v) is 3.32. The van der Waals surface area contributed by atoms with Crippen molar-refractivity contribution in [3.05, 3.63) is 45.8 Å². The number of hydrogen-bond donors (Lipinski definition) is 2. The molecule has 96 valence electrons. The number of nitrogens with zero attached hydrogens (tertiary/aromatic N) is 3. The fourth-order valence-electron chi connectivity index (χ4n) is 1.40. The second kappa shape index (κ2) is 6.53. The minimum atomic E-state index is -1.53. The van der Waals surface area contributed by atoms with E-state index in [9.17, 15) is 13.6 Å². The third-order valence-corrected chi connectivity index (χ3v) is 2.16. The number of halogens is 2. The Morgan fingerprint density at radius 1 is 1.50 bits per heavy atom. The summed E-state index contributed by atoms with van der Waals surface area (Å²) >= 11 is 0. The fourth-order valence-corrected chi connectivity index (χ4v) is 1.40. The lowest BCUT2D eigenvalue weighted by atomic mass is 10.1. The maximum Gasteiger partial charge on any atom is 0.325 e. The summed E-state index contributed by atoms with van der Waals surface area (Å²) in [6, 6.07) is 1.57. The molecule has 1 aromatic rings. The molecule has 0 aliphatic rings. The standard InChI is InChI=1S/C10H10F2N4O2/c11-6-2-1-3-7(12)8(6)9(10(17)18)14-4-5-15-16-13/h1-3,9,14H,4-5H2,(H,17,18). The highest BCUT2D eigenvalue weighted by Crippen LogP contribution is 2.20. The molecule has 1 unspecified atom stereocenters. The number of aliphatic carboxylic acids is 1. The van der Waals surface area contributed by atoms with Crippen LogP contribution in [-0.2, 0) is 4.79 Å². The van der Waals surface area contributed by atoms with Crippen LogP contribution >= 0.6 is 0 Å². The van der Waals surface area contributed by atoms with E-state index in [0.717, 1.165) is 18.2 Å². The summed E-state index contributed by atoms with van der Waals surface area (Å²) in [4.78, 5) is 13.4. The molecule has 0 aromatic heterocycles. The number of rotatable bonds is 6. The smallest absolute Gasteiger partial charge is 0.325 e. The number of carboxylic acids is 1. The summed E-state index contributed by atoms with van der Waals surface area (Å²) in [5.41, 5.74) is 7.48. The summed E-state index contributed by atoms with van der Waals surface area (Å²) in [7, 11) is 0. The number of carbonyl (C=O) groups is 1. The van der Waals surface area contributed by atoms with Crippen molar-refractivity contribution in [1.29, 1.82) is 0 Å². The molecule has 0 radical (unpaired) electrons. The summed E-state index contributed by atoms with van der Waals surface area (Å²) in [6.07, 6.45) is 0. The van der Waals surface area contributed by atoms with Crippen LogP contribution in [0.4, 0.5) is 8.78 Å². The molecule has 0 aliphatic carbocycles. The summed E-state index contributed by atoms with van der Waals surface area (Å²) < 4.78 is 26.8. The molecular weight excluding hydrogens is 246 g/mol. The van der Waals surface area contributed by atoms with Gasteiger partial charge < -0.3 is 10.4 Å². The van der Waals surface area contributed by atoms with E-state index in [-0.39, 0.29) is 13.1 Å². The van der Waals surface area contributed by atoms with Gasteiger partial charge in [-0.25, -0.2) is 8.78 Å². The van der Waals surface area contributed by atoms with E-state index in [4.69, 9.17) is 10.6 Å². The van der Waals surface area contributed by atoms with Crippen LogP contribution in [0, 0.1) is 11.6 Å². The van der Waals surface area contributed by atoms with Gasteiger partial charge in [0.05, 0.1) is 5.56 Å². The van der Waals surface area contributed by atoms with Gasteiger partial charge in [-0.3, -0.25) is 4.79 Å². The number of benzene rings is 1. The van der Waals surface area contributed by atoms with Gasteiger partial charge in [0.1, 0.15) is 17.7 Å². The van der Waals surface area contributed by atoms with Gasteiger partial charge in [0.2, 0.25) is 0 Å². The summed E-state index contributed by atoms with van der Waals surface area (Å²) in [5.74, 6) is -3.31. The molecule has 18 heavy (non-hydrogen) atoms. The Balaban J connectivity index is 2.91. The Labute approximate surface area is 101 Å². The topological polar surface area (TPSA) is 98.1 Å². The van der Waals surface area contributed by atoms with Gasteiger partial charge in [-0.15, -0.1) is 0 Å². The molecule has 0 bridgehead atoms. The maximum absolute atomic E-state index is 13.4. The second-order valence-electron chi connectivity index (χ2n) is 3.32. The Hall–Kier alpha value is -2.18. The zero-order chi connectivity index (χ0) is 13.5. The van der Waals surface area contributed by atoms with Crippen molar-refractivity contribution in [2.45, 2.75) is 6.04 Å². The van der Waals surface area contributed by atoms with Crippen molar-refractivity contribution in [1.82, 2.24) is 5.32 Å². The zero-order valence-corrected chi connectivity index (χ0v) is 9.18. The van der Waals surface area contributed by atoms with Crippen LogP contribution < -0.4 is 5.32 Å². The van der Waals surface area contributed by atoms with Crippen LogP contribution in [0.1, 0.15) is 11.6 Å². The Morgan fingerprint density at radius 3 is 2.61 bits per heavy atom. The van der Waals surface area contributed by atoms with E-state index in [1.807, 2.05) is 0 Å². The fraction of sp³-hybridized carbons (Fsp3) is 0.300. The lowest BCUT2D eigenvalue weighted by Gasteiger charge is -2.15. The molecule has 0 heterocycles. The van der Waals surface area contributed by atoms with Gasteiger partial charge in [0.25, 0.3) is 0 Å². The molecule has 0 aliphatic heterocycles. The van der Waals surface area contributed by atoms with Crippen LogP contribution in [0.15, 0.2) is 23.3 Å². The van der Waals surface area contributed by atoms with Crippen molar-refractivity contribution in [3.8, 4) is 0 Å². The van der Waals surface area contributed by atoms with Crippen molar-refractivity contribution < 1.29 is 18.7 Å². The van der Waals surface area contributed by atoms with Gasteiger partial charge in [0.15, 0.2) is 0 Å². The molecule has 0 fully saturated rings. The largest absolute Gasteiger partial charge is 0.480 e. The third kappa shape index (κ3) is 3.41. The van der Waals surface area contributed by atoms with Crippen LogP contribution in [0.25, 0.3) is 10.4 Å². The normalized spacial score (nSPS) is 11.7. The minimum absolute atomic E-state index is 0.00516. The number of azide groups is 1.